The largest absolute Gasteiger partial charge is 0.495 e. The molecular formula is C21H20N2O4S. The Bertz CT molecular complexity index is 1100. The Labute approximate surface area is 164 Å². The van der Waals surface area contributed by atoms with Gasteiger partial charge in [-0.15, -0.1) is 0 Å². The zero-order valence-electron chi connectivity index (χ0n) is 15.5. The number of nitrogens with one attached hydrogen (secondary N) is 2. The third kappa shape index (κ3) is 4.50. The van der Waals surface area contributed by atoms with Crippen molar-refractivity contribution < 1.29 is 17.9 Å². The third-order valence-corrected chi connectivity index (χ3v) is 5.40. The molecule has 0 unspecified atom stereocenters. The number of ether oxygens (including phenoxy) is 1. The van der Waals surface area contributed by atoms with Gasteiger partial charge in [0.15, 0.2) is 0 Å². The summed E-state index contributed by atoms with van der Waals surface area (Å²) in [6.45, 7) is 1.85. The smallest absolute Gasteiger partial charge is 0.262 e. The van der Waals surface area contributed by atoms with E-state index in [0.29, 0.717) is 17.1 Å². The molecule has 6 nitrogen and oxygen atoms in total. The summed E-state index contributed by atoms with van der Waals surface area (Å²) in [6, 6.07) is 20.0. The second-order valence-electron chi connectivity index (χ2n) is 6.16. The van der Waals surface area contributed by atoms with E-state index < -0.39 is 15.9 Å². The van der Waals surface area contributed by atoms with Crippen molar-refractivity contribution in [1.82, 2.24) is 0 Å². The van der Waals surface area contributed by atoms with E-state index in [4.69, 9.17) is 4.74 Å². The van der Waals surface area contributed by atoms with E-state index in [1.807, 2.05) is 19.1 Å². The van der Waals surface area contributed by atoms with Crippen LogP contribution in [0.15, 0.2) is 77.7 Å². The lowest BCUT2D eigenvalue weighted by Crippen LogP contribution is -2.16. The monoisotopic (exact) mass is 396 g/mol. The number of para-hydroxylation sites is 1. The van der Waals surface area contributed by atoms with Gasteiger partial charge in [-0.05, 0) is 55.0 Å². The van der Waals surface area contributed by atoms with Crippen LogP contribution in [0.5, 0.6) is 5.75 Å². The Morgan fingerprint density at radius 1 is 0.929 bits per heavy atom. The Morgan fingerprint density at radius 2 is 1.68 bits per heavy atom. The van der Waals surface area contributed by atoms with E-state index in [1.54, 1.807) is 42.5 Å². The second kappa shape index (κ2) is 8.14. The van der Waals surface area contributed by atoms with Crippen molar-refractivity contribution in [1.29, 1.82) is 0 Å². The van der Waals surface area contributed by atoms with Gasteiger partial charge in [0.2, 0.25) is 0 Å². The van der Waals surface area contributed by atoms with Crippen molar-refractivity contribution in [2.45, 2.75) is 11.8 Å². The molecule has 0 atom stereocenters. The average molecular weight is 396 g/mol. The fourth-order valence-corrected chi connectivity index (χ4v) is 3.74. The van der Waals surface area contributed by atoms with Gasteiger partial charge in [-0.1, -0.05) is 30.3 Å². The van der Waals surface area contributed by atoms with E-state index in [0.717, 1.165) is 5.56 Å². The van der Waals surface area contributed by atoms with Gasteiger partial charge in [-0.3, -0.25) is 9.52 Å². The van der Waals surface area contributed by atoms with Crippen LogP contribution in [0.2, 0.25) is 0 Å². The van der Waals surface area contributed by atoms with Crippen LogP contribution in [-0.4, -0.2) is 21.4 Å². The van der Waals surface area contributed by atoms with Crippen molar-refractivity contribution in [3.8, 4) is 5.75 Å². The number of hydrogen-bond donors (Lipinski definition) is 2. The summed E-state index contributed by atoms with van der Waals surface area (Å²) in [6.07, 6.45) is 0. The van der Waals surface area contributed by atoms with E-state index in [9.17, 15) is 13.2 Å². The number of benzene rings is 3. The molecule has 0 aliphatic heterocycles. The molecule has 0 spiro atoms. The molecule has 0 heterocycles. The van der Waals surface area contributed by atoms with Crippen LogP contribution < -0.4 is 14.8 Å². The van der Waals surface area contributed by atoms with Gasteiger partial charge in [0.1, 0.15) is 5.75 Å². The first-order chi connectivity index (χ1) is 13.4. The predicted octanol–water partition coefficient (Wildman–Crippen LogP) is 4.06. The summed E-state index contributed by atoms with van der Waals surface area (Å²) in [5.74, 6) is 0.0172. The van der Waals surface area contributed by atoms with E-state index in [1.165, 1.54) is 25.3 Å². The normalized spacial score (nSPS) is 10.9. The number of amides is 1. The Morgan fingerprint density at radius 3 is 2.39 bits per heavy atom. The highest BCUT2D eigenvalue weighted by Crippen LogP contribution is 2.28. The van der Waals surface area contributed by atoms with Gasteiger partial charge < -0.3 is 10.1 Å². The SMILES string of the molecule is COc1ccc(C)cc1NS(=O)(=O)c1cccc(C(=O)Nc2ccccc2)c1. The highest BCUT2D eigenvalue weighted by atomic mass is 32.2. The lowest BCUT2D eigenvalue weighted by atomic mass is 10.2. The van der Waals surface area contributed by atoms with Crippen molar-refractivity contribution in [3.63, 3.8) is 0 Å². The zero-order chi connectivity index (χ0) is 20.1. The lowest BCUT2D eigenvalue weighted by molar-refractivity contribution is 0.102. The third-order valence-electron chi connectivity index (χ3n) is 4.04. The van der Waals surface area contributed by atoms with Crippen LogP contribution >= 0.6 is 0 Å². The van der Waals surface area contributed by atoms with Crippen LogP contribution in [0.1, 0.15) is 15.9 Å². The quantitative estimate of drug-likeness (QED) is 0.658. The first kappa shape index (κ1) is 19.4. The second-order valence-corrected chi connectivity index (χ2v) is 7.84. The van der Waals surface area contributed by atoms with E-state index in [2.05, 4.69) is 10.0 Å². The van der Waals surface area contributed by atoms with Crippen molar-refractivity contribution in [2.24, 2.45) is 0 Å². The van der Waals surface area contributed by atoms with Crippen molar-refractivity contribution >= 4 is 27.3 Å². The Kier molecular flexibility index (Phi) is 5.65. The molecule has 0 saturated heterocycles. The molecule has 2 N–H and O–H groups in total. The average Bonchev–Trinajstić information content (AvgIpc) is 2.69. The number of carbonyl (C=O) groups excluding carboxylic acids is 1. The van der Waals surface area contributed by atoms with Gasteiger partial charge in [0.05, 0.1) is 17.7 Å². The van der Waals surface area contributed by atoms with Gasteiger partial charge >= 0.3 is 0 Å². The maximum absolute atomic E-state index is 12.8. The van der Waals surface area contributed by atoms with Gasteiger partial charge in [0, 0.05) is 11.3 Å². The first-order valence-electron chi connectivity index (χ1n) is 8.53. The highest BCUT2D eigenvalue weighted by molar-refractivity contribution is 7.92. The number of anilines is 2. The number of hydrogen-bond acceptors (Lipinski definition) is 4. The molecule has 7 heteroatoms. The highest BCUT2D eigenvalue weighted by Gasteiger charge is 2.18. The van der Waals surface area contributed by atoms with E-state index >= 15 is 0 Å². The number of rotatable bonds is 6. The number of carbonyl (C=O) groups is 1. The van der Waals surface area contributed by atoms with Crippen LogP contribution in [0.25, 0.3) is 0 Å². The van der Waals surface area contributed by atoms with Crippen LogP contribution in [0.3, 0.4) is 0 Å². The standard InChI is InChI=1S/C21H20N2O4S/c1-15-11-12-20(27-2)19(13-15)23-28(25,26)18-10-6-7-16(14-18)21(24)22-17-8-4-3-5-9-17/h3-14,23H,1-2H3,(H,22,24). The molecule has 0 fully saturated rings. The predicted molar refractivity (Wildman–Crippen MR) is 109 cm³/mol. The van der Waals surface area contributed by atoms with Gasteiger partial charge in [-0.25, -0.2) is 8.42 Å². The molecule has 0 aliphatic carbocycles. The molecule has 0 aromatic heterocycles. The minimum Gasteiger partial charge on any atom is -0.495 e. The summed E-state index contributed by atoms with van der Waals surface area (Å²) in [7, 11) is -2.43. The molecule has 3 rings (SSSR count). The summed E-state index contributed by atoms with van der Waals surface area (Å²) >= 11 is 0. The van der Waals surface area contributed by atoms with Crippen LogP contribution in [0, 0.1) is 6.92 Å². The first-order valence-corrected chi connectivity index (χ1v) is 10.0. The van der Waals surface area contributed by atoms with Crippen molar-refractivity contribution in [2.75, 3.05) is 17.1 Å². The molecule has 28 heavy (non-hydrogen) atoms. The summed E-state index contributed by atoms with van der Waals surface area (Å²) < 4.78 is 33.4. The number of sulfonamides is 1. The molecule has 0 saturated carbocycles. The molecular weight excluding hydrogens is 376 g/mol. The number of methoxy groups -OCH3 is 1. The molecule has 3 aromatic rings. The maximum Gasteiger partial charge on any atom is 0.262 e. The molecule has 1 amide bonds. The fraction of sp³-hybridized carbons (Fsp3) is 0.0952. The fourth-order valence-electron chi connectivity index (χ4n) is 2.63. The molecule has 3 aromatic carbocycles. The lowest BCUT2D eigenvalue weighted by Gasteiger charge is -2.13. The van der Waals surface area contributed by atoms with Gasteiger partial charge in [0.25, 0.3) is 15.9 Å². The summed E-state index contributed by atoms with van der Waals surface area (Å²) in [5, 5.41) is 2.74. The minimum atomic E-state index is -3.90. The zero-order valence-corrected chi connectivity index (χ0v) is 16.3. The summed E-state index contributed by atoms with van der Waals surface area (Å²) in [4.78, 5) is 12.4. The molecule has 0 aliphatic rings. The van der Waals surface area contributed by atoms with Crippen LogP contribution in [-0.2, 0) is 10.0 Å². The summed E-state index contributed by atoms with van der Waals surface area (Å²) in [5.41, 5.74) is 2.09. The Hall–Kier alpha value is -3.32. The molecule has 0 radical (unpaired) electrons. The van der Waals surface area contributed by atoms with Crippen molar-refractivity contribution in [3.05, 3.63) is 83.9 Å². The minimum absolute atomic E-state index is 0.0169. The topological polar surface area (TPSA) is 84.5 Å². The maximum atomic E-state index is 12.8. The Balaban J connectivity index is 1.86. The number of aryl methyl sites for hydroxylation is 1. The van der Waals surface area contributed by atoms with E-state index in [-0.39, 0.29) is 10.5 Å². The van der Waals surface area contributed by atoms with Gasteiger partial charge in [-0.2, -0.15) is 0 Å². The van der Waals surface area contributed by atoms with Crippen LogP contribution in [0.4, 0.5) is 11.4 Å². The molecule has 144 valence electrons. The molecule has 0 bridgehead atoms.